The number of fused-ring (bicyclic) bond motifs is 4. The first kappa shape index (κ1) is 19.3. The highest BCUT2D eigenvalue weighted by Crippen LogP contribution is 2.56. The number of methoxy groups -OCH3 is 1. The third kappa shape index (κ3) is 2.57. The van der Waals surface area contributed by atoms with E-state index in [1.807, 2.05) is 6.08 Å². The van der Waals surface area contributed by atoms with Gasteiger partial charge in [0.1, 0.15) is 0 Å². The minimum Gasteiger partial charge on any atom is -0.503 e. The number of halogens is 1. The number of carbonyl (C=O) groups is 4. The summed E-state index contributed by atoms with van der Waals surface area (Å²) >= 11 is 3.33. The zero-order chi connectivity index (χ0) is 21.3. The second kappa shape index (κ2) is 6.66. The fourth-order valence-corrected chi connectivity index (χ4v) is 6.17. The molecule has 0 radical (unpaired) electrons. The molecule has 3 fully saturated rings. The number of phenolic OH excluding ortho intramolecular Hbond substituents is 1. The summed E-state index contributed by atoms with van der Waals surface area (Å²) < 4.78 is 5.68. The summed E-state index contributed by atoms with van der Waals surface area (Å²) in [6, 6.07) is 3.37. The van der Waals surface area contributed by atoms with Crippen molar-refractivity contribution in [2.45, 2.75) is 18.8 Å². The van der Waals surface area contributed by atoms with Crippen molar-refractivity contribution in [3.63, 3.8) is 0 Å². The first-order valence-corrected chi connectivity index (χ1v) is 10.6. The first-order valence-electron chi connectivity index (χ1n) is 9.77. The fourth-order valence-electron chi connectivity index (χ4n) is 5.71. The van der Waals surface area contributed by atoms with Crippen LogP contribution in [0.4, 0.5) is 0 Å². The molecule has 30 heavy (non-hydrogen) atoms. The van der Waals surface area contributed by atoms with Crippen LogP contribution in [0.2, 0.25) is 0 Å². The Hall–Kier alpha value is -2.68. The molecule has 2 saturated heterocycles. The number of amides is 4. The number of aromatic hydroxyl groups is 1. The molecule has 2 heterocycles. The largest absolute Gasteiger partial charge is 0.503 e. The van der Waals surface area contributed by atoms with Crippen LogP contribution >= 0.6 is 15.9 Å². The van der Waals surface area contributed by atoms with Crippen molar-refractivity contribution in [3.8, 4) is 11.5 Å². The lowest BCUT2D eigenvalue weighted by molar-refractivity contribution is -0.128. The van der Waals surface area contributed by atoms with Gasteiger partial charge in [-0.15, -0.1) is 0 Å². The number of benzene rings is 1. The zero-order valence-corrected chi connectivity index (χ0v) is 17.6. The van der Waals surface area contributed by atoms with E-state index < -0.39 is 29.6 Å². The average molecular weight is 475 g/mol. The number of ether oxygens (including phenoxy) is 1. The van der Waals surface area contributed by atoms with Gasteiger partial charge in [0.2, 0.25) is 23.6 Å². The molecule has 1 saturated carbocycles. The lowest BCUT2D eigenvalue weighted by Gasteiger charge is -2.44. The van der Waals surface area contributed by atoms with Gasteiger partial charge in [0.05, 0.1) is 35.3 Å². The lowest BCUT2D eigenvalue weighted by atomic mass is 9.57. The summed E-state index contributed by atoms with van der Waals surface area (Å²) in [5.41, 5.74) is 1.60. The topological polar surface area (TPSA) is 122 Å². The molecule has 4 aliphatic rings. The molecule has 9 heteroatoms. The predicted octanol–water partition coefficient (Wildman–Crippen LogP) is 1.37. The summed E-state index contributed by atoms with van der Waals surface area (Å²) in [7, 11) is 1.43. The molecule has 156 valence electrons. The van der Waals surface area contributed by atoms with Crippen molar-refractivity contribution in [1.29, 1.82) is 0 Å². The van der Waals surface area contributed by atoms with Crippen LogP contribution in [0.5, 0.6) is 11.5 Å². The molecule has 1 aromatic rings. The van der Waals surface area contributed by atoms with Crippen molar-refractivity contribution >= 4 is 39.6 Å². The van der Waals surface area contributed by atoms with Crippen LogP contribution in [0.3, 0.4) is 0 Å². The van der Waals surface area contributed by atoms with Gasteiger partial charge in [-0.1, -0.05) is 11.6 Å². The van der Waals surface area contributed by atoms with Gasteiger partial charge in [0.25, 0.3) is 0 Å². The molecule has 2 aliphatic heterocycles. The molecular formula is C21H19BrN2O6. The molecule has 6 atom stereocenters. The zero-order valence-electron chi connectivity index (χ0n) is 16.0. The van der Waals surface area contributed by atoms with Gasteiger partial charge in [-0.2, -0.15) is 0 Å². The molecular weight excluding hydrogens is 456 g/mol. The molecule has 5 rings (SSSR count). The molecule has 8 nitrogen and oxygen atoms in total. The van der Waals surface area contributed by atoms with Gasteiger partial charge >= 0.3 is 0 Å². The second-order valence-electron chi connectivity index (χ2n) is 8.28. The normalized spacial score (nSPS) is 34.5. The van der Waals surface area contributed by atoms with Crippen molar-refractivity contribution in [2.24, 2.45) is 29.6 Å². The standard InChI is InChI=1S/C21H19BrN2O6/c1-30-13-5-7(4-12(22)17(13)25)14-8-2-3-9-15(20(28)23-18(9)26)10(8)6-11-16(14)21(29)24-19(11)27/h2,4-5,9-11,14-16,25H,3,6H2,1H3,(H,23,26,28)(H,24,27,29)/t9-,10+,11+,14-,15-,16+/m0/s1. The quantitative estimate of drug-likeness (QED) is 0.439. The van der Waals surface area contributed by atoms with E-state index in [0.717, 1.165) is 5.57 Å². The van der Waals surface area contributed by atoms with Crippen molar-refractivity contribution < 1.29 is 29.0 Å². The number of carbonyl (C=O) groups excluding carboxylic acids is 4. The van der Waals surface area contributed by atoms with Crippen LogP contribution in [0.25, 0.3) is 0 Å². The fraction of sp³-hybridized carbons (Fsp3) is 0.429. The van der Waals surface area contributed by atoms with Crippen molar-refractivity contribution in [2.75, 3.05) is 7.11 Å². The van der Waals surface area contributed by atoms with E-state index >= 15 is 0 Å². The first-order chi connectivity index (χ1) is 14.3. The summed E-state index contributed by atoms with van der Waals surface area (Å²) in [6.45, 7) is 0. The highest BCUT2D eigenvalue weighted by atomic mass is 79.9. The average Bonchev–Trinajstić information content (AvgIpc) is 3.17. The highest BCUT2D eigenvalue weighted by molar-refractivity contribution is 9.10. The van der Waals surface area contributed by atoms with E-state index in [-0.39, 0.29) is 41.0 Å². The number of allylic oxidation sites excluding steroid dienone is 2. The van der Waals surface area contributed by atoms with Crippen molar-refractivity contribution in [1.82, 2.24) is 10.6 Å². The molecule has 3 N–H and O–H groups in total. The molecule has 0 aromatic heterocycles. The van der Waals surface area contributed by atoms with E-state index in [1.54, 1.807) is 12.1 Å². The Morgan fingerprint density at radius 3 is 2.33 bits per heavy atom. The summed E-state index contributed by atoms with van der Waals surface area (Å²) in [4.78, 5) is 50.1. The number of hydrogen-bond donors (Lipinski definition) is 3. The van der Waals surface area contributed by atoms with E-state index in [4.69, 9.17) is 4.74 Å². The highest BCUT2D eigenvalue weighted by Gasteiger charge is 2.58. The third-order valence-corrected chi connectivity index (χ3v) is 7.57. The van der Waals surface area contributed by atoms with E-state index in [2.05, 4.69) is 26.6 Å². The van der Waals surface area contributed by atoms with E-state index in [9.17, 15) is 24.3 Å². The molecule has 0 bridgehead atoms. The minimum absolute atomic E-state index is 0.0597. The Balaban J connectivity index is 1.68. The Morgan fingerprint density at radius 2 is 1.63 bits per heavy atom. The molecule has 0 spiro atoms. The molecule has 2 aliphatic carbocycles. The van der Waals surface area contributed by atoms with E-state index in [0.29, 0.717) is 22.9 Å². The Bertz CT molecular complexity index is 1050. The van der Waals surface area contributed by atoms with Crippen LogP contribution in [0, 0.1) is 29.6 Å². The van der Waals surface area contributed by atoms with Crippen LogP contribution in [0.15, 0.2) is 28.3 Å². The second-order valence-corrected chi connectivity index (χ2v) is 9.14. The lowest BCUT2D eigenvalue weighted by Crippen LogP contribution is -2.42. The third-order valence-electron chi connectivity index (χ3n) is 6.96. The number of phenols is 1. The van der Waals surface area contributed by atoms with Gasteiger partial charge in [-0.05, 0) is 52.4 Å². The maximum Gasteiger partial charge on any atom is 0.231 e. The summed E-state index contributed by atoms with van der Waals surface area (Å²) in [5.74, 6) is -4.03. The number of rotatable bonds is 2. The summed E-state index contributed by atoms with van der Waals surface area (Å²) in [6.07, 6.45) is 2.71. The van der Waals surface area contributed by atoms with Crippen LogP contribution in [-0.4, -0.2) is 35.8 Å². The molecule has 4 amide bonds. The van der Waals surface area contributed by atoms with Crippen LogP contribution in [0.1, 0.15) is 24.3 Å². The Labute approximate surface area is 180 Å². The monoisotopic (exact) mass is 474 g/mol. The van der Waals surface area contributed by atoms with Gasteiger partial charge in [0, 0.05) is 5.92 Å². The number of hydrogen-bond acceptors (Lipinski definition) is 6. The molecule has 0 unspecified atom stereocenters. The van der Waals surface area contributed by atoms with Crippen LogP contribution in [-0.2, 0) is 19.2 Å². The van der Waals surface area contributed by atoms with Gasteiger partial charge in [0.15, 0.2) is 11.5 Å². The van der Waals surface area contributed by atoms with Gasteiger partial charge in [-0.3, -0.25) is 29.8 Å². The summed E-state index contributed by atoms with van der Waals surface area (Å²) in [5, 5.41) is 15.1. The van der Waals surface area contributed by atoms with E-state index in [1.165, 1.54) is 7.11 Å². The Kier molecular flexibility index (Phi) is 4.29. The van der Waals surface area contributed by atoms with Gasteiger partial charge < -0.3 is 9.84 Å². The maximum atomic E-state index is 12.7. The molecule has 1 aromatic carbocycles. The number of imide groups is 2. The SMILES string of the molecule is COc1cc([C@H]2C3=CC[C@@H]4C(=O)NC(=O)[C@@H]4[C@@H]3C[C@H]3C(=O)NC(=O)[C@@H]23)cc(Br)c1O. The maximum absolute atomic E-state index is 12.7. The van der Waals surface area contributed by atoms with Gasteiger partial charge in [-0.25, -0.2) is 0 Å². The smallest absolute Gasteiger partial charge is 0.231 e. The number of nitrogens with one attached hydrogen (secondary N) is 2. The van der Waals surface area contributed by atoms with Crippen molar-refractivity contribution in [3.05, 3.63) is 33.8 Å². The van der Waals surface area contributed by atoms with Crippen LogP contribution < -0.4 is 15.4 Å². The Morgan fingerprint density at radius 1 is 0.967 bits per heavy atom. The minimum atomic E-state index is -0.613. The predicted molar refractivity (Wildman–Crippen MR) is 106 cm³/mol.